The highest BCUT2D eigenvalue weighted by molar-refractivity contribution is 5.94. The van der Waals surface area contributed by atoms with Gasteiger partial charge in [0.05, 0.1) is 5.56 Å². The number of carbonyl (C=O) groups excluding carboxylic acids is 1. The fourth-order valence-corrected chi connectivity index (χ4v) is 3.31. The molecule has 1 atom stereocenters. The summed E-state index contributed by atoms with van der Waals surface area (Å²) >= 11 is 0. The molecule has 0 bridgehead atoms. The Kier molecular flexibility index (Phi) is 4.96. The van der Waals surface area contributed by atoms with E-state index >= 15 is 0 Å². The van der Waals surface area contributed by atoms with E-state index in [1.807, 2.05) is 30.3 Å². The molecule has 2 N–H and O–H groups in total. The number of ether oxygens (including phenoxy) is 1. The van der Waals surface area contributed by atoms with Crippen molar-refractivity contribution in [2.24, 2.45) is 0 Å². The Bertz CT molecular complexity index is 1020. The van der Waals surface area contributed by atoms with Crippen LogP contribution in [0, 0.1) is 6.92 Å². The summed E-state index contributed by atoms with van der Waals surface area (Å²) in [6.07, 6.45) is 1.96. The molecule has 1 aliphatic rings. The maximum atomic E-state index is 12.8. The first kappa shape index (κ1) is 18.0. The fourth-order valence-electron chi connectivity index (χ4n) is 3.31. The quantitative estimate of drug-likeness (QED) is 0.691. The van der Waals surface area contributed by atoms with Gasteiger partial charge in [0, 0.05) is 19.0 Å². The molecule has 9 heteroatoms. The van der Waals surface area contributed by atoms with Crippen molar-refractivity contribution in [3.63, 3.8) is 0 Å². The highest BCUT2D eigenvalue weighted by Gasteiger charge is 2.25. The van der Waals surface area contributed by atoms with E-state index in [-0.39, 0.29) is 29.9 Å². The minimum absolute atomic E-state index is 0.0755. The molecule has 1 unspecified atom stereocenters. The number of H-pyrrole nitrogens is 1. The van der Waals surface area contributed by atoms with Gasteiger partial charge in [0.25, 0.3) is 5.91 Å². The number of fused-ring (bicyclic) bond motifs is 1. The van der Waals surface area contributed by atoms with Crippen LogP contribution in [0.2, 0.25) is 0 Å². The molecule has 0 radical (unpaired) electrons. The minimum atomic E-state index is -0.304. The van der Waals surface area contributed by atoms with E-state index < -0.39 is 0 Å². The Morgan fingerprint density at radius 2 is 2.18 bits per heavy atom. The van der Waals surface area contributed by atoms with Crippen LogP contribution in [-0.4, -0.2) is 31.9 Å². The van der Waals surface area contributed by atoms with Gasteiger partial charge in [0.2, 0.25) is 0 Å². The molecule has 3 heterocycles. The number of benzene rings is 1. The van der Waals surface area contributed by atoms with Gasteiger partial charge in [-0.1, -0.05) is 23.4 Å². The van der Waals surface area contributed by atoms with Crippen molar-refractivity contribution in [3.8, 4) is 5.75 Å². The summed E-state index contributed by atoms with van der Waals surface area (Å²) in [4.78, 5) is 24.5. The SMILES string of the molecule is Cc1onc(C(=O)NC2CCc3n[nH]c(=O)n3CC2)c1COc1ccccc1. The van der Waals surface area contributed by atoms with Crippen LogP contribution in [0.15, 0.2) is 39.6 Å². The monoisotopic (exact) mass is 383 g/mol. The van der Waals surface area contributed by atoms with Crippen molar-refractivity contribution in [2.75, 3.05) is 0 Å². The van der Waals surface area contributed by atoms with Crippen molar-refractivity contribution >= 4 is 5.91 Å². The van der Waals surface area contributed by atoms with E-state index in [4.69, 9.17) is 9.26 Å². The molecule has 0 spiro atoms. The van der Waals surface area contributed by atoms with Gasteiger partial charge in [-0.15, -0.1) is 0 Å². The number of aromatic nitrogens is 4. The molecule has 0 fully saturated rings. The van der Waals surface area contributed by atoms with Crippen molar-refractivity contribution in [1.82, 2.24) is 25.2 Å². The molecule has 0 saturated heterocycles. The molecule has 3 aromatic rings. The maximum absolute atomic E-state index is 12.8. The zero-order valence-corrected chi connectivity index (χ0v) is 15.5. The summed E-state index contributed by atoms with van der Waals surface area (Å²) in [6, 6.07) is 9.28. The Morgan fingerprint density at radius 3 is 3.00 bits per heavy atom. The van der Waals surface area contributed by atoms with Crippen LogP contribution in [0.3, 0.4) is 0 Å². The minimum Gasteiger partial charge on any atom is -0.489 e. The van der Waals surface area contributed by atoms with Crippen molar-refractivity contribution in [3.05, 3.63) is 63.7 Å². The maximum Gasteiger partial charge on any atom is 0.343 e. The molecular weight excluding hydrogens is 362 g/mol. The van der Waals surface area contributed by atoms with E-state index in [1.165, 1.54) is 0 Å². The second kappa shape index (κ2) is 7.71. The number of aromatic amines is 1. The summed E-state index contributed by atoms with van der Waals surface area (Å²) in [7, 11) is 0. The largest absolute Gasteiger partial charge is 0.489 e. The molecule has 4 rings (SSSR count). The molecule has 28 heavy (non-hydrogen) atoms. The first-order chi connectivity index (χ1) is 13.6. The Hall–Kier alpha value is -3.36. The molecular formula is C19H21N5O4. The lowest BCUT2D eigenvalue weighted by atomic mass is 10.1. The molecule has 1 amide bonds. The van der Waals surface area contributed by atoms with Gasteiger partial charge in [0.15, 0.2) is 5.69 Å². The van der Waals surface area contributed by atoms with Gasteiger partial charge in [-0.25, -0.2) is 9.89 Å². The lowest BCUT2D eigenvalue weighted by molar-refractivity contribution is 0.0921. The van der Waals surface area contributed by atoms with Crippen LogP contribution in [0.5, 0.6) is 5.75 Å². The first-order valence-corrected chi connectivity index (χ1v) is 9.19. The number of para-hydroxylation sites is 1. The predicted octanol–water partition coefficient (Wildman–Crippen LogP) is 1.58. The molecule has 1 aromatic carbocycles. The van der Waals surface area contributed by atoms with Crippen LogP contribution >= 0.6 is 0 Å². The lowest BCUT2D eigenvalue weighted by Crippen LogP contribution is -2.36. The van der Waals surface area contributed by atoms with Gasteiger partial charge < -0.3 is 14.6 Å². The lowest BCUT2D eigenvalue weighted by Gasteiger charge is -2.15. The molecule has 9 nitrogen and oxygen atoms in total. The summed E-state index contributed by atoms with van der Waals surface area (Å²) in [5.41, 5.74) is 0.641. The first-order valence-electron chi connectivity index (χ1n) is 9.19. The van der Waals surface area contributed by atoms with Crippen molar-refractivity contribution < 1.29 is 14.1 Å². The number of carbonyl (C=O) groups is 1. The number of nitrogens with one attached hydrogen (secondary N) is 2. The zero-order chi connectivity index (χ0) is 19.5. The van der Waals surface area contributed by atoms with E-state index in [0.29, 0.717) is 42.9 Å². The Labute approximate surface area is 160 Å². The third-order valence-electron chi connectivity index (χ3n) is 4.92. The number of aryl methyl sites for hydroxylation is 2. The van der Waals surface area contributed by atoms with Crippen LogP contribution in [0.1, 0.15) is 40.5 Å². The van der Waals surface area contributed by atoms with Gasteiger partial charge in [0.1, 0.15) is 23.9 Å². The summed E-state index contributed by atoms with van der Waals surface area (Å²) in [5.74, 6) is 1.67. The topological polar surface area (TPSA) is 115 Å². The van der Waals surface area contributed by atoms with E-state index in [9.17, 15) is 9.59 Å². The van der Waals surface area contributed by atoms with Crippen LogP contribution in [0.25, 0.3) is 0 Å². The van der Waals surface area contributed by atoms with Gasteiger partial charge in [-0.05, 0) is 31.9 Å². The summed E-state index contributed by atoms with van der Waals surface area (Å²) in [5, 5.41) is 13.4. The van der Waals surface area contributed by atoms with Crippen molar-refractivity contribution in [2.45, 2.75) is 45.4 Å². The summed E-state index contributed by atoms with van der Waals surface area (Å²) < 4.78 is 12.6. The van der Waals surface area contributed by atoms with E-state index in [2.05, 4.69) is 20.7 Å². The van der Waals surface area contributed by atoms with Gasteiger partial charge in [-0.3, -0.25) is 9.36 Å². The number of nitrogens with zero attached hydrogens (tertiary/aromatic N) is 3. The average molecular weight is 383 g/mol. The summed E-state index contributed by atoms with van der Waals surface area (Å²) in [6.45, 7) is 2.46. The van der Waals surface area contributed by atoms with Crippen molar-refractivity contribution in [1.29, 1.82) is 0 Å². The number of rotatable bonds is 5. The van der Waals surface area contributed by atoms with Crippen LogP contribution in [-0.2, 0) is 19.6 Å². The highest BCUT2D eigenvalue weighted by atomic mass is 16.5. The number of hydrogen-bond acceptors (Lipinski definition) is 6. The predicted molar refractivity (Wildman–Crippen MR) is 99.1 cm³/mol. The van der Waals surface area contributed by atoms with E-state index in [0.717, 1.165) is 5.82 Å². The molecule has 0 saturated carbocycles. The molecule has 0 aliphatic carbocycles. The third kappa shape index (κ3) is 3.68. The average Bonchev–Trinajstić information content (AvgIpc) is 3.18. The molecule has 146 valence electrons. The van der Waals surface area contributed by atoms with Gasteiger partial charge in [-0.2, -0.15) is 5.10 Å². The fraction of sp³-hybridized carbons (Fsp3) is 0.368. The molecule has 1 aliphatic heterocycles. The standard InChI is InChI=1S/C19H21N5O4/c1-12-15(11-27-14-5-3-2-4-6-14)17(23-28-12)18(25)20-13-7-8-16-21-22-19(26)24(16)10-9-13/h2-6,13H,7-11H2,1H3,(H,20,25)(H,22,26). The smallest absolute Gasteiger partial charge is 0.343 e. The zero-order valence-electron chi connectivity index (χ0n) is 15.5. The third-order valence-corrected chi connectivity index (χ3v) is 4.92. The van der Waals surface area contributed by atoms with E-state index in [1.54, 1.807) is 11.5 Å². The second-order valence-corrected chi connectivity index (χ2v) is 6.76. The normalized spacial score (nSPS) is 16.2. The van der Waals surface area contributed by atoms with Crippen LogP contribution in [0.4, 0.5) is 0 Å². The Morgan fingerprint density at radius 1 is 1.36 bits per heavy atom. The van der Waals surface area contributed by atoms with Crippen LogP contribution < -0.4 is 15.7 Å². The number of hydrogen-bond donors (Lipinski definition) is 2. The highest BCUT2D eigenvalue weighted by Crippen LogP contribution is 2.19. The molecule has 2 aromatic heterocycles. The Balaban J connectivity index is 1.42. The number of amides is 1. The van der Waals surface area contributed by atoms with Gasteiger partial charge >= 0.3 is 5.69 Å². The second-order valence-electron chi connectivity index (χ2n) is 6.76.